The first-order chi connectivity index (χ1) is 9.31. The van der Waals surface area contributed by atoms with Crippen molar-refractivity contribution in [3.05, 3.63) is 29.8 Å². The van der Waals surface area contributed by atoms with Crippen LogP contribution in [0.2, 0.25) is 0 Å². The largest absolute Gasteiger partial charge is 0.497 e. The molecule has 1 heterocycles. The molecule has 1 aliphatic rings. The minimum atomic E-state index is -0.657. The van der Waals surface area contributed by atoms with Gasteiger partial charge in [0.1, 0.15) is 11.8 Å². The van der Waals surface area contributed by atoms with Crippen molar-refractivity contribution in [1.82, 2.24) is 10.2 Å². The molecule has 0 aromatic heterocycles. The van der Waals surface area contributed by atoms with E-state index in [1.165, 1.54) is 0 Å². The molecule has 6 nitrogen and oxygen atoms in total. The number of ether oxygens (including phenoxy) is 1. The van der Waals surface area contributed by atoms with Crippen molar-refractivity contribution in [2.75, 3.05) is 13.7 Å². The zero-order chi connectivity index (χ0) is 14.9. The number of carbonyl (C=O) groups is 2. The first kappa shape index (κ1) is 14.3. The van der Waals surface area contributed by atoms with Crippen LogP contribution in [0.1, 0.15) is 25.5 Å². The fourth-order valence-electron chi connectivity index (χ4n) is 2.10. The zero-order valence-corrected chi connectivity index (χ0v) is 11.8. The van der Waals surface area contributed by atoms with Gasteiger partial charge in [0, 0.05) is 12.1 Å². The Morgan fingerprint density at radius 1 is 1.30 bits per heavy atom. The van der Waals surface area contributed by atoms with Crippen LogP contribution in [0, 0.1) is 0 Å². The first-order valence-electron chi connectivity index (χ1n) is 6.36. The lowest BCUT2D eigenvalue weighted by molar-refractivity contribution is -0.128. The highest BCUT2D eigenvalue weighted by atomic mass is 16.5. The lowest BCUT2D eigenvalue weighted by Crippen LogP contribution is -2.47. The summed E-state index contributed by atoms with van der Waals surface area (Å²) in [6, 6.07) is 5.97. The average Bonchev–Trinajstić information content (AvgIpc) is 2.65. The molecule has 6 heteroatoms. The summed E-state index contributed by atoms with van der Waals surface area (Å²) in [5, 5.41) is 2.67. The van der Waals surface area contributed by atoms with E-state index in [-0.39, 0.29) is 12.5 Å². The number of hydrogen-bond acceptors (Lipinski definition) is 4. The Labute approximate surface area is 117 Å². The lowest BCUT2D eigenvalue weighted by Gasteiger charge is -2.24. The van der Waals surface area contributed by atoms with Crippen molar-refractivity contribution >= 4 is 11.9 Å². The molecule has 108 valence electrons. The molecule has 1 aromatic carbocycles. The van der Waals surface area contributed by atoms with E-state index in [2.05, 4.69) is 5.32 Å². The fourth-order valence-corrected chi connectivity index (χ4v) is 2.10. The number of amides is 3. The number of methoxy groups -OCH3 is 1. The molecule has 2 rings (SSSR count). The monoisotopic (exact) mass is 277 g/mol. The third-order valence-electron chi connectivity index (χ3n) is 3.04. The average molecular weight is 277 g/mol. The summed E-state index contributed by atoms with van der Waals surface area (Å²) in [7, 11) is 1.57. The van der Waals surface area contributed by atoms with Gasteiger partial charge in [0.05, 0.1) is 7.11 Å². The number of hydrogen-bond donors (Lipinski definition) is 2. The highest BCUT2D eigenvalue weighted by molar-refractivity contribution is 6.04. The van der Waals surface area contributed by atoms with Gasteiger partial charge in [-0.15, -0.1) is 0 Å². The van der Waals surface area contributed by atoms with Crippen molar-refractivity contribution < 1.29 is 14.3 Å². The predicted molar refractivity (Wildman–Crippen MR) is 74.2 cm³/mol. The quantitative estimate of drug-likeness (QED) is 0.805. The van der Waals surface area contributed by atoms with E-state index in [4.69, 9.17) is 10.5 Å². The van der Waals surface area contributed by atoms with Crippen LogP contribution in [0.4, 0.5) is 4.79 Å². The number of nitrogens with one attached hydrogen (secondary N) is 1. The van der Waals surface area contributed by atoms with Crippen molar-refractivity contribution in [3.63, 3.8) is 0 Å². The maximum absolute atomic E-state index is 12.3. The van der Waals surface area contributed by atoms with Crippen LogP contribution in [0.5, 0.6) is 5.75 Å². The maximum atomic E-state index is 12.3. The zero-order valence-electron chi connectivity index (χ0n) is 11.8. The number of benzene rings is 1. The van der Waals surface area contributed by atoms with E-state index < -0.39 is 17.6 Å². The highest BCUT2D eigenvalue weighted by Gasteiger charge is 2.40. The van der Waals surface area contributed by atoms with Crippen LogP contribution in [0.15, 0.2) is 24.3 Å². The van der Waals surface area contributed by atoms with Crippen LogP contribution in [0.25, 0.3) is 0 Å². The van der Waals surface area contributed by atoms with Crippen molar-refractivity contribution in [2.24, 2.45) is 5.73 Å². The summed E-state index contributed by atoms with van der Waals surface area (Å²) < 4.78 is 5.07. The third kappa shape index (κ3) is 2.91. The minimum absolute atomic E-state index is 0.185. The van der Waals surface area contributed by atoms with Crippen molar-refractivity contribution in [2.45, 2.75) is 25.4 Å². The van der Waals surface area contributed by atoms with E-state index in [1.54, 1.807) is 45.2 Å². The Bertz CT molecular complexity index is 519. The Balaban J connectivity index is 2.18. The molecule has 1 fully saturated rings. The number of carbonyl (C=O) groups excluding carboxylic acids is 2. The first-order valence-corrected chi connectivity index (χ1v) is 6.36. The molecule has 1 saturated heterocycles. The summed E-state index contributed by atoms with van der Waals surface area (Å²) in [6.45, 7) is 3.73. The molecule has 20 heavy (non-hydrogen) atoms. The van der Waals surface area contributed by atoms with E-state index in [0.717, 1.165) is 10.5 Å². The molecule has 1 unspecified atom stereocenters. The van der Waals surface area contributed by atoms with E-state index in [1.807, 2.05) is 0 Å². The van der Waals surface area contributed by atoms with Crippen LogP contribution in [-0.2, 0) is 4.79 Å². The van der Waals surface area contributed by atoms with Gasteiger partial charge < -0.3 is 15.8 Å². The number of urea groups is 1. The predicted octanol–water partition coefficient (Wildman–Crippen LogP) is 1.03. The normalized spacial score (nSPS) is 19.2. The van der Waals surface area contributed by atoms with Gasteiger partial charge in [0.15, 0.2) is 0 Å². The molecule has 0 radical (unpaired) electrons. The summed E-state index contributed by atoms with van der Waals surface area (Å²) >= 11 is 0. The SMILES string of the molecule is COc1ccc(C2NC(=O)N(CC(C)(C)N)C2=O)cc1. The summed E-state index contributed by atoms with van der Waals surface area (Å²) in [5.74, 6) is 0.421. The molecule has 1 aromatic rings. The second-order valence-corrected chi connectivity index (χ2v) is 5.57. The van der Waals surface area contributed by atoms with E-state index in [9.17, 15) is 9.59 Å². The smallest absolute Gasteiger partial charge is 0.325 e. The van der Waals surface area contributed by atoms with Gasteiger partial charge in [-0.1, -0.05) is 12.1 Å². The molecule has 3 N–H and O–H groups in total. The van der Waals surface area contributed by atoms with Gasteiger partial charge in [-0.2, -0.15) is 0 Å². The molecule has 3 amide bonds. The molecule has 1 atom stereocenters. The number of rotatable bonds is 4. The highest BCUT2D eigenvalue weighted by Crippen LogP contribution is 2.24. The molecular weight excluding hydrogens is 258 g/mol. The number of nitrogens with zero attached hydrogens (tertiary/aromatic N) is 1. The fraction of sp³-hybridized carbons (Fsp3) is 0.429. The van der Waals surface area contributed by atoms with E-state index >= 15 is 0 Å². The van der Waals surface area contributed by atoms with Crippen molar-refractivity contribution in [3.8, 4) is 5.75 Å². The topological polar surface area (TPSA) is 84.7 Å². The molecule has 0 aliphatic carbocycles. The lowest BCUT2D eigenvalue weighted by atomic mass is 10.0. The Morgan fingerprint density at radius 3 is 2.40 bits per heavy atom. The second kappa shape index (κ2) is 5.13. The number of nitrogens with two attached hydrogens (primary N) is 1. The van der Waals surface area contributed by atoms with Gasteiger partial charge >= 0.3 is 6.03 Å². The summed E-state index contributed by atoms with van der Waals surface area (Å²) in [4.78, 5) is 25.3. The summed E-state index contributed by atoms with van der Waals surface area (Å²) in [5.41, 5.74) is 5.97. The van der Waals surface area contributed by atoms with Gasteiger partial charge in [-0.25, -0.2) is 4.79 Å². The molecule has 0 bridgehead atoms. The van der Waals surface area contributed by atoms with Crippen LogP contribution >= 0.6 is 0 Å². The Hall–Kier alpha value is -2.08. The molecule has 0 saturated carbocycles. The molecule has 0 spiro atoms. The van der Waals surface area contributed by atoms with Gasteiger partial charge in [0.2, 0.25) is 0 Å². The third-order valence-corrected chi connectivity index (χ3v) is 3.04. The minimum Gasteiger partial charge on any atom is -0.497 e. The van der Waals surface area contributed by atoms with Gasteiger partial charge in [0.25, 0.3) is 5.91 Å². The van der Waals surface area contributed by atoms with Crippen LogP contribution in [-0.4, -0.2) is 36.0 Å². The molecule has 1 aliphatic heterocycles. The standard InChI is InChI=1S/C14H19N3O3/c1-14(2,15)8-17-12(18)11(16-13(17)19)9-4-6-10(20-3)7-5-9/h4-7,11H,8,15H2,1-3H3,(H,16,19). The van der Waals surface area contributed by atoms with Crippen molar-refractivity contribution in [1.29, 1.82) is 0 Å². The Morgan fingerprint density at radius 2 is 1.90 bits per heavy atom. The van der Waals surface area contributed by atoms with E-state index in [0.29, 0.717) is 5.75 Å². The maximum Gasteiger partial charge on any atom is 0.325 e. The second-order valence-electron chi connectivity index (χ2n) is 5.57. The van der Waals surface area contributed by atoms with Crippen LogP contribution < -0.4 is 15.8 Å². The Kier molecular flexibility index (Phi) is 3.67. The van der Waals surface area contributed by atoms with Gasteiger partial charge in [-0.3, -0.25) is 9.69 Å². The van der Waals surface area contributed by atoms with Crippen LogP contribution in [0.3, 0.4) is 0 Å². The van der Waals surface area contributed by atoms with Gasteiger partial charge in [-0.05, 0) is 31.5 Å². The number of imide groups is 1. The molecular formula is C14H19N3O3. The summed E-state index contributed by atoms with van der Waals surface area (Å²) in [6.07, 6.45) is 0.